The summed E-state index contributed by atoms with van der Waals surface area (Å²) >= 11 is 1.53. The molecular weight excluding hydrogens is 476 g/mol. The molecule has 6 rings (SSSR count). The lowest BCUT2D eigenvalue weighted by atomic mass is 10.1. The maximum absolute atomic E-state index is 10.6. The molecule has 9 nitrogen and oxygen atoms in total. The molecule has 0 spiro atoms. The third-order valence-corrected chi connectivity index (χ3v) is 8.24. The summed E-state index contributed by atoms with van der Waals surface area (Å²) in [4.78, 5) is 18.5. The summed E-state index contributed by atoms with van der Waals surface area (Å²) in [5.41, 5.74) is 3.60. The van der Waals surface area contributed by atoms with E-state index in [4.69, 9.17) is 15.0 Å². The maximum atomic E-state index is 10.6. The second kappa shape index (κ2) is 9.36. The van der Waals surface area contributed by atoms with E-state index in [1.807, 2.05) is 19.1 Å². The van der Waals surface area contributed by atoms with E-state index in [0.717, 1.165) is 32.9 Å². The number of aromatic nitrogens is 4. The standard InChI is InChI=1S/C26H28N6O3S/c1-13-21(25-30-19-11-27-8-7-20(19)36-25)24(29-18-9-15(12-33)22(34)23(18)35)32-26(28-13)31-17-10-16(17)14-5-3-2-4-6-14/h2-8,11,15-18,22-23,33-35H,9-10,12H2,1H3,(H2,28,29,31,32)/t15-,16+,17-,18?,22-,23+/m1/s1. The molecule has 36 heavy (non-hydrogen) atoms. The first kappa shape index (κ1) is 23.2. The maximum Gasteiger partial charge on any atom is 0.225 e. The van der Waals surface area contributed by atoms with Crippen molar-refractivity contribution in [2.45, 2.75) is 50.0 Å². The summed E-state index contributed by atoms with van der Waals surface area (Å²) in [6, 6.07) is 12.1. The van der Waals surface area contributed by atoms with Gasteiger partial charge in [0.25, 0.3) is 0 Å². The van der Waals surface area contributed by atoms with Gasteiger partial charge in [-0.3, -0.25) is 4.98 Å². The molecule has 6 atom stereocenters. The number of aliphatic hydroxyl groups excluding tert-OH is 3. The lowest BCUT2D eigenvalue weighted by Crippen LogP contribution is -2.35. The number of nitrogens with one attached hydrogen (secondary N) is 2. The van der Waals surface area contributed by atoms with E-state index in [9.17, 15) is 15.3 Å². The Morgan fingerprint density at radius 3 is 2.56 bits per heavy atom. The van der Waals surface area contributed by atoms with E-state index in [2.05, 4.69) is 39.9 Å². The van der Waals surface area contributed by atoms with E-state index in [1.54, 1.807) is 12.4 Å². The molecule has 2 aliphatic rings. The highest BCUT2D eigenvalue weighted by Gasteiger charge is 2.42. The fraction of sp³-hybridized carbons (Fsp3) is 0.385. The van der Waals surface area contributed by atoms with Gasteiger partial charge in [0.2, 0.25) is 5.95 Å². The molecule has 0 amide bonds. The van der Waals surface area contributed by atoms with Crippen LogP contribution in [0.1, 0.15) is 30.0 Å². The summed E-state index contributed by atoms with van der Waals surface area (Å²) in [6.45, 7) is 1.74. The van der Waals surface area contributed by atoms with Crippen molar-refractivity contribution in [3.63, 3.8) is 0 Å². The van der Waals surface area contributed by atoms with Gasteiger partial charge in [0.15, 0.2) is 0 Å². The summed E-state index contributed by atoms with van der Waals surface area (Å²) in [6.07, 6.45) is 2.88. The van der Waals surface area contributed by atoms with Crippen molar-refractivity contribution in [3.8, 4) is 10.6 Å². The fourth-order valence-electron chi connectivity index (χ4n) is 5.10. The van der Waals surface area contributed by atoms with E-state index >= 15 is 0 Å². The Balaban J connectivity index is 1.34. The molecule has 1 unspecified atom stereocenters. The molecule has 0 aliphatic heterocycles. The summed E-state index contributed by atoms with van der Waals surface area (Å²) < 4.78 is 1.01. The van der Waals surface area contributed by atoms with Crippen molar-refractivity contribution in [2.75, 3.05) is 17.2 Å². The van der Waals surface area contributed by atoms with Gasteiger partial charge >= 0.3 is 0 Å². The number of nitrogens with zero attached hydrogens (tertiary/aromatic N) is 4. The summed E-state index contributed by atoms with van der Waals surface area (Å²) in [5, 5.41) is 38.2. The molecule has 1 aromatic carbocycles. The van der Waals surface area contributed by atoms with Crippen LogP contribution in [0.4, 0.5) is 11.8 Å². The second-order valence-corrected chi connectivity index (χ2v) is 10.7. The van der Waals surface area contributed by atoms with E-state index in [1.165, 1.54) is 16.9 Å². The van der Waals surface area contributed by atoms with Crippen molar-refractivity contribution in [1.29, 1.82) is 0 Å². The molecule has 10 heteroatoms. The Kier molecular flexibility index (Phi) is 6.04. The van der Waals surface area contributed by atoms with Crippen molar-refractivity contribution in [1.82, 2.24) is 19.9 Å². The van der Waals surface area contributed by atoms with E-state index in [0.29, 0.717) is 24.1 Å². The summed E-state index contributed by atoms with van der Waals surface area (Å²) in [7, 11) is 0. The predicted octanol–water partition coefficient (Wildman–Crippen LogP) is 2.94. The Morgan fingerprint density at radius 1 is 0.972 bits per heavy atom. The molecule has 2 aliphatic carbocycles. The minimum atomic E-state index is -1.02. The zero-order valence-electron chi connectivity index (χ0n) is 19.7. The van der Waals surface area contributed by atoms with Gasteiger partial charge in [0.05, 0.1) is 34.3 Å². The van der Waals surface area contributed by atoms with Crippen LogP contribution in [0.2, 0.25) is 0 Å². The number of benzene rings is 1. The Morgan fingerprint density at radius 2 is 1.81 bits per heavy atom. The zero-order valence-corrected chi connectivity index (χ0v) is 20.6. The fourth-order valence-corrected chi connectivity index (χ4v) is 6.13. The van der Waals surface area contributed by atoms with Crippen LogP contribution in [0.15, 0.2) is 48.8 Å². The Hall–Kier alpha value is -3.18. The number of pyridine rings is 1. The smallest absolute Gasteiger partial charge is 0.225 e. The van der Waals surface area contributed by atoms with Gasteiger partial charge in [0, 0.05) is 30.7 Å². The predicted molar refractivity (Wildman–Crippen MR) is 139 cm³/mol. The number of hydrogen-bond donors (Lipinski definition) is 5. The van der Waals surface area contributed by atoms with Gasteiger partial charge in [0.1, 0.15) is 22.4 Å². The number of thiazole rings is 1. The molecule has 0 saturated heterocycles. The first-order chi connectivity index (χ1) is 17.5. The van der Waals surface area contributed by atoms with E-state index < -0.39 is 24.2 Å². The minimum absolute atomic E-state index is 0.188. The van der Waals surface area contributed by atoms with Crippen molar-refractivity contribution < 1.29 is 15.3 Å². The Bertz CT molecular complexity index is 1350. The topological polar surface area (TPSA) is 136 Å². The van der Waals surface area contributed by atoms with Gasteiger partial charge in [-0.15, -0.1) is 11.3 Å². The quantitative estimate of drug-likeness (QED) is 0.257. The first-order valence-corrected chi connectivity index (χ1v) is 13.0. The molecule has 3 aromatic heterocycles. The molecule has 2 fully saturated rings. The molecule has 3 heterocycles. The number of aryl methyl sites for hydroxylation is 1. The normalized spacial score (nSPS) is 27.3. The van der Waals surface area contributed by atoms with Crippen molar-refractivity contribution >= 4 is 33.3 Å². The van der Waals surface area contributed by atoms with Gasteiger partial charge in [-0.1, -0.05) is 30.3 Å². The van der Waals surface area contributed by atoms with Gasteiger partial charge in [-0.25, -0.2) is 9.97 Å². The van der Waals surface area contributed by atoms with Crippen molar-refractivity contribution in [3.05, 3.63) is 60.0 Å². The lowest BCUT2D eigenvalue weighted by molar-refractivity contribution is 0.00446. The van der Waals surface area contributed by atoms with Gasteiger partial charge in [-0.2, -0.15) is 4.98 Å². The third-order valence-electron chi connectivity index (χ3n) is 7.18. The van der Waals surface area contributed by atoms with Crippen LogP contribution >= 0.6 is 11.3 Å². The largest absolute Gasteiger partial charge is 0.396 e. The van der Waals surface area contributed by atoms with E-state index in [-0.39, 0.29) is 12.6 Å². The van der Waals surface area contributed by atoms with Crippen LogP contribution in [0.3, 0.4) is 0 Å². The average molecular weight is 505 g/mol. The number of hydrogen-bond acceptors (Lipinski definition) is 10. The number of anilines is 2. The molecular formula is C26H28N6O3S. The van der Waals surface area contributed by atoms with Crippen LogP contribution in [-0.4, -0.2) is 66.2 Å². The van der Waals surface area contributed by atoms with Crippen molar-refractivity contribution in [2.24, 2.45) is 5.92 Å². The molecule has 2 saturated carbocycles. The third kappa shape index (κ3) is 4.30. The first-order valence-electron chi connectivity index (χ1n) is 12.2. The molecule has 4 aromatic rings. The van der Waals surface area contributed by atoms with Crippen LogP contribution < -0.4 is 10.6 Å². The highest BCUT2D eigenvalue weighted by Crippen LogP contribution is 2.43. The molecule has 0 bridgehead atoms. The minimum Gasteiger partial charge on any atom is -0.396 e. The summed E-state index contributed by atoms with van der Waals surface area (Å²) in [5.74, 6) is 1.08. The second-order valence-electron chi connectivity index (χ2n) is 9.63. The molecule has 0 radical (unpaired) electrons. The number of aliphatic hydroxyl groups is 3. The lowest BCUT2D eigenvalue weighted by Gasteiger charge is -2.21. The van der Waals surface area contributed by atoms with Crippen LogP contribution in [0.25, 0.3) is 20.8 Å². The monoisotopic (exact) mass is 504 g/mol. The van der Waals surface area contributed by atoms with Gasteiger partial charge < -0.3 is 26.0 Å². The highest BCUT2D eigenvalue weighted by atomic mass is 32.1. The number of fused-ring (bicyclic) bond motifs is 1. The van der Waals surface area contributed by atoms with Crippen LogP contribution in [0.5, 0.6) is 0 Å². The van der Waals surface area contributed by atoms with Crippen LogP contribution in [-0.2, 0) is 0 Å². The number of rotatable bonds is 7. The zero-order chi connectivity index (χ0) is 24.8. The molecule has 186 valence electrons. The molecule has 5 N–H and O–H groups in total. The Labute approximate surface area is 212 Å². The SMILES string of the molecule is Cc1nc(N[C@@H]2C[C@H]2c2ccccc2)nc(NC2C[C@H](CO)[C@@H](O)[C@H]2O)c1-c1nc2cnccc2s1. The highest BCUT2D eigenvalue weighted by molar-refractivity contribution is 7.21. The van der Waals surface area contributed by atoms with Crippen LogP contribution in [0, 0.1) is 12.8 Å². The average Bonchev–Trinajstić information content (AvgIpc) is 3.43. The van der Waals surface area contributed by atoms with Gasteiger partial charge in [-0.05, 0) is 31.4 Å².